The van der Waals surface area contributed by atoms with E-state index >= 15 is 0 Å². The fraction of sp³-hybridized carbons (Fsp3) is 0.400. The molecule has 3 aromatic rings. The van der Waals surface area contributed by atoms with Gasteiger partial charge in [-0.3, -0.25) is 14.5 Å². The smallest absolute Gasteiger partial charge is 0.283 e. The monoisotopic (exact) mass is 501 g/mol. The van der Waals surface area contributed by atoms with Crippen LogP contribution in [0.25, 0.3) is 11.1 Å². The maximum absolute atomic E-state index is 14.5. The zero-order valence-electron chi connectivity index (χ0n) is 20.9. The van der Waals surface area contributed by atoms with E-state index in [0.717, 1.165) is 5.69 Å². The number of carbonyl (C=O) groups is 1. The fourth-order valence-electron chi connectivity index (χ4n) is 3.99. The zero-order valence-corrected chi connectivity index (χ0v) is 21.7. The Morgan fingerprint density at radius 1 is 1.11 bits per heavy atom. The molecule has 1 amide bonds. The lowest BCUT2D eigenvalue weighted by Gasteiger charge is -2.18. The second-order valence-corrected chi connectivity index (χ2v) is 11.0. The van der Waals surface area contributed by atoms with Gasteiger partial charge in [-0.1, -0.05) is 13.8 Å². The van der Waals surface area contributed by atoms with Crippen LogP contribution in [-0.2, 0) is 27.8 Å². The molecule has 0 aliphatic carbocycles. The van der Waals surface area contributed by atoms with Crippen molar-refractivity contribution in [1.82, 2.24) is 24.4 Å². The highest BCUT2D eigenvalue weighted by atomic mass is 32.2. The molecule has 2 heterocycles. The largest absolute Gasteiger partial charge is 0.304 e. The second kappa shape index (κ2) is 10.7. The number of sulfonamides is 1. The molecule has 10 heteroatoms. The molecule has 0 aliphatic rings. The van der Waals surface area contributed by atoms with Crippen LogP contribution >= 0.6 is 0 Å². The van der Waals surface area contributed by atoms with Crippen LogP contribution in [0.1, 0.15) is 56.5 Å². The third kappa shape index (κ3) is 6.32. The van der Waals surface area contributed by atoms with Gasteiger partial charge in [-0.2, -0.15) is 13.5 Å². The minimum Gasteiger partial charge on any atom is -0.304 e. The number of aromatic nitrogens is 3. The van der Waals surface area contributed by atoms with E-state index in [1.165, 1.54) is 18.2 Å². The van der Waals surface area contributed by atoms with Crippen molar-refractivity contribution in [2.45, 2.75) is 57.6 Å². The highest BCUT2D eigenvalue weighted by Gasteiger charge is 2.26. The first kappa shape index (κ1) is 26.5. The van der Waals surface area contributed by atoms with Crippen LogP contribution in [0.3, 0.4) is 0 Å². The van der Waals surface area contributed by atoms with Crippen molar-refractivity contribution < 1.29 is 17.6 Å². The highest BCUT2D eigenvalue weighted by molar-refractivity contribution is 7.90. The van der Waals surface area contributed by atoms with Gasteiger partial charge in [-0.25, -0.2) is 9.11 Å². The highest BCUT2D eigenvalue weighted by Crippen LogP contribution is 2.32. The van der Waals surface area contributed by atoms with E-state index in [0.29, 0.717) is 28.8 Å². The maximum atomic E-state index is 14.5. The predicted molar refractivity (Wildman–Crippen MR) is 133 cm³/mol. The summed E-state index contributed by atoms with van der Waals surface area (Å²) < 4.78 is 44.3. The van der Waals surface area contributed by atoms with Crippen molar-refractivity contribution >= 4 is 15.9 Å². The first-order chi connectivity index (χ1) is 16.4. The summed E-state index contributed by atoms with van der Waals surface area (Å²) in [6.45, 7) is 8.10. The van der Waals surface area contributed by atoms with E-state index in [1.54, 1.807) is 29.2 Å². The molecule has 0 spiro atoms. The molecule has 1 N–H and O–H groups in total. The zero-order chi connectivity index (χ0) is 25.9. The van der Waals surface area contributed by atoms with Gasteiger partial charge in [0.05, 0.1) is 12.1 Å². The quantitative estimate of drug-likeness (QED) is 0.478. The summed E-state index contributed by atoms with van der Waals surface area (Å²) >= 11 is 0. The fourth-order valence-corrected chi connectivity index (χ4v) is 4.95. The van der Waals surface area contributed by atoms with E-state index in [1.807, 2.05) is 46.7 Å². The maximum Gasteiger partial charge on any atom is 0.283 e. The number of carbonyl (C=O) groups excluding carboxylic acids is 1. The molecule has 188 valence electrons. The molecule has 0 saturated heterocycles. The Hall–Kier alpha value is -3.11. The topological polar surface area (TPSA) is 97.2 Å². The summed E-state index contributed by atoms with van der Waals surface area (Å²) in [5, 5.41) is 4.03. The Morgan fingerprint density at radius 2 is 1.77 bits per heavy atom. The molecule has 0 radical (unpaired) electrons. The van der Waals surface area contributed by atoms with E-state index in [2.05, 4.69) is 14.8 Å². The number of amides is 1. The minimum atomic E-state index is -4.20. The number of benzene rings is 1. The normalized spacial score (nSPS) is 12.1. The van der Waals surface area contributed by atoms with E-state index in [4.69, 9.17) is 0 Å². The molecule has 0 atom stereocenters. The predicted octanol–water partition coefficient (Wildman–Crippen LogP) is 3.90. The van der Waals surface area contributed by atoms with Gasteiger partial charge in [-0.15, -0.1) is 0 Å². The Labute approximate surface area is 206 Å². The van der Waals surface area contributed by atoms with Gasteiger partial charge < -0.3 is 4.90 Å². The van der Waals surface area contributed by atoms with Crippen LogP contribution in [0, 0.1) is 5.82 Å². The number of hydrogen-bond acceptors (Lipinski definition) is 6. The number of nitrogens with one attached hydrogen (secondary N) is 1. The van der Waals surface area contributed by atoms with Crippen LogP contribution in [0.2, 0.25) is 0 Å². The molecule has 3 rings (SSSR count). The van der Waals surface area contributed by atoms with E-state index in [-0.39, 0.29) is 23.4 Å². The molecular formula is C25H32FN5O3S. The molecule has 0 bridgehead atoms. The number of nitrogens with zero attached hydrogens (tertiary/aromatic N) is 4. The molecule has 0 fully saturated rings. The standard InChI is InChI=1S/C25H32FN5O3S/c1-16(2)21-11-19(26)12-22(18-7-9-27-10-8-18)23(21)14-24(32)29-35(33,34)25-13-20(15-30(5)6)31(28-25)17(3)4/h7-13,16-17H,14-15H2,1-6H3,(H,29,32). The SMILES string of the molecule is CC(C)c1cc(F)cc(-c2ccncc2)c1CC(=O)NS(=O)(=O)c1cc(CN(C)C)n(C(C)C)n1. The Morgan fingerprint density at radius 3 is 2.34 bits per heavy atom. The molecule has 2 aromatic heterocycles. The number of hydrogen-bond donors (Lipinski definition) is 1. The molecular weight excluding hydrogens is 469 g/mol. The number of pyridine rings is 1. The average Bonchev–Trinajstić information content (AvgIpc) is 3.19. The van der Waals surface area contributed by atoms with Crippen LogP contribution in [0.15, 0.2) is 47.8 Å². The lowest BCUT2D eigenvalue weighted by molar-refractivity contribution is -0.118. The van der Waals surface area contributed by atoms with Crippen LogP contribution < -0.4 is 4.72 Å². The lowest BCUT2D eigenvalue weighted by Crippen LogP contribution is -2.32. The molecule has 8 nitrogen and oxygen atoms in total. The first-order valence-electron chi connectivity index (χ1n) is 11.4. The third-order valence-corrected chi connectivity index (χ3v) is 6.73. The van der Waals surface area contributed by atoms with Crippen molar-refractivity contribution in [3.63, 3.8) is 0 Å². The van der Waals surface area contributed by atoms with Gasteiger partial charge in [0.15, 0.2) is 5.03 Å². The van der Waals surface area contributed by atoms with Crippen LogP contribution in [0.5, 0.6) is 0 Å². The van der Waals surface area contributed by atoms with Gasteiger partial charge >= 0.3 is 0 Å². The summed E-state index contributed by atoms with van der Waals surface area (Å²) in [7, 11) is -0.447. The third-order valence-electron chi connectivity index (χ3n) is 5.48. The molecule has 0 saturated carbocycles. The van der Waals surface area contributed by atoms with E-state index in [9.17, 15) is 17.6 Å². The van der Waals surface area contributed by atoms with Gasteiger partial charge in [0.25, 0.3) is 10.0 Å². The lowest BCUT2D eigenvalue weighted by atomic mass is 9.88. The summed E-state index contributed by atoms with van der Waals surface area (Å²) in [5.74, 6) is -1.23. The van der Waals surface area contributed by atoms with Crippen molar-refractivity contribution in [2.24, 2.45) is 0 Å². The molecule has 0 aliphatic heterocycles. The number of rotatable bonds is 9. The number of halogens is 1. The summed E-state index contributed by atoms with van der Waals surface area (Å²) in [5.41, 5.74) is 3.15. The summed E-state index contributed by atoms with van der Waals surface area (Å²) in [4.78, 5) is 18.9. The van der Waals surface area contributed by atoms with Crippen LogP contribution in [-0.4, -0.2) is 48.1 Å². The Kier molecular flexibility index (Phi) is 8.07. The van der Waals surface area contributed by atoms with Crippen molar-refractivity contribution in [3.05, 3.63) is 65.4 Å². The molecule has 1 aromatic carbocycles. The molecule has 0 unspecified atom stereocenters. The molecule has 35 heavy (non-hydrogen) atoms. The average molecular weight is 502 g/mol. The van der Waals surface area contributed by atoms with E-state index < -0.39 is 21.7 Å². The van der Waals surface area contributed by atoms with Gasteiger partial charge in [0.2, 0.25) is 5.91 Å². The Balaban J connectivity index is 1.95. The van der Waals surface area contributed by atoms with Crippen molar-refractivity contribution in [2.75, 3.05) is 14.1 Å². The van der Waals surface area contributed by atoms with Crippen molar-refractivity contribution in [1.29, 1.82) is 0 Å². The van der Waals surface area contributed by atoms with Gasteiger partial charge in [0.1, 0.15) is 5.82 Å². The van der Waals surface area contributed by atoms with Crippen molar-refractivity contribution in [3.8, 4) is 11.1 Å². The first-order valence-corrected chi connectivity index (χ1v) is 12.9. The second-order valence-electron chi connectivity index (χ2n) is 9.37. The Bertz CT molecular complexity index is 1300. The van der Waals surface area contributed by atoms with Crippen LogP contribution in [0.4, 0.5) is 4.39 Å². The summed E-state index contributed by atoms with van der Waals surface area (Å²) in [6.07, 6.45) is 2.93. The minimum absolute atomic E-state index is 0.0552. The summed E-state index contributed by atoms with van der Waals surface area (Å²) in [6, 6.07) is 7.62. The van der Waals surface area contributed by atoms with Gasteiger partial charge in [0, 0.05) is 31.0 Å². The van der Waals surface area contributed by atoms with Gasteiger partial charge in [-0.05, 0) is 80.4 Å².